The van der Waals surface area contributed by atoms with E-state index in [0.717, 1.165) is 6.07 Å². The highest BCUT2D eigenvalue weighted by Gasteiger charge is 2.00. The number of rotatable bonds is 0. The molecular formula is C6H3F2Si. The fraction of sp³-hybridized carbons (Fsp3) is 0. The Balaban J connectivity index is 3.25. The van der Waals surface area contributed by atoms with Crippen molar-refractivity contribution in [3.63, 3.8) is 0 Å². The van der Waals surface area contributed by atoms with Crippen molar-refractivity contribution in [3.8, 4) is 0 Å². The first-order valence-electron chi connectivity index (χ1n) is 2.37. The Bertz CT molecular complexity index is 202. The van der Waals surface area contributed by atoms with Gasteiger partial charge in [-0.25, -0.2) is 8.78 Å². The van der Waals surface area contributed by atoms with Crippen LogP contribution >= 0.6 is 0 Å². The van der Waals surface area contributed by atoms with Gasteiger partial charge in [-0.1, -0.05) is 12.1 Å². The Morgan fingerprint density at radius 1 is 1.22 bits per heavy atom. The van der Waals surface area contributed by atoms with Crippen LogP contribution in [-0.4, -0.2) is 10.2 Å². The molecule has 3 radical (unpaired) electrons. The molecule has 0 aliphatic heterocycles. The average Bonchev–Trinajstić information content (AvgIpc) is 1.83. The van der Waals surface area contributed by atoms with Gasteiger partial charge in [-0.3, -0.25) is 0 Å². The van der Waals surface area contributed by atoms with Crippen molar-refractivity contribution < 1.29 is 8.78 Å². The maximum Gasteiger partial charge on any atom is 0.158 e. The summed E-state index contributed by atoms with van der Waals surface area (Å²) in [6, 6.07) is 3.94. The first kappa shape index (κ1) is 6.42. The van der Waals surface area contributed by atoms with Crippen LogP contribution in [0.3, 0.4) is 0 Å². The molecule has 0 amide bonds. The minimum absolute atomic E-state index is 0.148. The molecule has 0 aliphatic carbocycles. The molecule has 0 aliphatic rings. The standard InChI is InChI=1S/C6H3F2Si/c7-4-2-1-3-5(9)6(4)8/h1-3H. The third-order valence-electron chi connectivity index (χ3n) is 0.952. The first-order chi connectivity index (χ1) is 4.22. The van der Waals surface area contributed by atoms with E-state index < -0.39 is 11.6 Å². The minimum Gasteiger partial charge on any atom is -0.204 e. The molecule has 0 saturated heterocycles. The molecule has 0 bridgehead atoms. The molecule has 0 nitrogen and oxygen atoms in total. The second-order valence-electron chi connectivity index (χ2n) is 1.60. The zero-order chi connectivity index (χ0) is 6.85. The molecule has 0 aromatic heterocycles. The van der Waals surface area contributed by atoms with Gasteiger partial charge >= 0.3 is 0 Å². The predicted molar refractivity (Wildman–Crippen MR) is 31.7 cm³/mol. The summed E-state index contributed by atoms with van der Waals surface area (Å²) in [7, 11) is 2.88. The van der Waals surface area contributed by atoms with Gasteiger partial charge in [0.1, 0.15) is 0 Å². The largest absolute Gasteiger partial charge is 0.204 e. The topological polar surface area (TPSA) is 0 Å². The van der Waals surface area contributed by atoms with Crippen LogP contribution in [0.4, 0.5) is 8.78 Å². The van der Waals surface area contributed by atoms with Crippen molar-refractivity contribution in [2.45, 2.75) is 0 Å². The Morgan fingerprint density at radius 2 is 1.89 bits per heavy atom. The number of halogens is 2. The second-order valence-corrected chi connectivity index (χ2v) is 2.14. The van der Waals surface area contributed by atoms with Crippen molar-refractivity contribution in [3.05, 3.63) is 29.8 Å². The van der Waals surface area contributed by atoms with Crippen LogP contribution in [0.25, 0.3) is 0 Å². The van der Waals surface area contributed by atoms with E-state index in [9.17, 15) is 8.78 Å². The van der Waals surface area contributed by atoms with Crippen LogP contribution in [0.1, 0.15) is 0 Å². The molecule has 0 heterocycles. The van der Waals surface area contributed by atoms with Crippen LogP contribution in [0.2, 0.25) is 0 Å². The van der Waals surface area contributed by atoms with Crippen molar-refractivity contribution in [1.29, 1.82) is 0 Å². The molecule has 0 fully saturated rings. The molecule has 1 aromatic rings. The summed E-state index contributed by atoms with van der Waals surface area (Å²) in [6.07, 6.45) is 0. The lowest BCUT2D eigenvalue weighted by Gasteiger charge is -1.93. The van der Waals surface area contributed by atoms with Gasteiger partial charge < -0.3 is 0 Å². The summed E-state index contributed by atoms with van der Waals surface area (Å²) in [5.74, 6) is -1.67. The van der Waals surface area contributed by atoms with E-state index >= 15 is 0 Å². The molecule has 0 spiro atoms. The van der Waals surface area contributed by atoms with Crippen molar-refractivity contribution in [1.82, 2.24) is 0 Å². The number of hydrogen-bond donors (Lipinski definition) is 0. The SMILES string of the molecule is Fc1cccc([Si])c1F. The Labute approximate surface area is 54.9 Å². The van der Waals surface area contributed by atoms with Crippen molar-refractivity contribution in [2.24, 2.45) is 0 Å². The van der Waals surface area contributed by atoms with Crippen LogP contribution in [0, 0.1) is 11.6 Å². The molecule has 45 valence electrons. The lowest BCUT2D eigenvalue weighted by Crippen LogP contribution is -2.09. The minimum atomic E-state index is -0.839. The quantitative estimate of drug-likeness (QED) is 0.468. The van der Waals surface area contributed by atoms with Crippen LogP contribution in [0.15, 0.2) is 18.2 Å². The Kier molecular flexibility index (Phi) is 1.62. The van der Waals surface area contributed by atoms with E-state index in [1.807, 2.05) is 0 Å². The molecule has 0 unspecified atom stereocenters. The summed E-state index contributed by atoms with van der Waals surface area (Å²) in [4.78, 5) is 0. The summed E-state index contributed by atoms with van der Waals surface area (Å²) >= 11 is 0. The molecule has 3 heteroatoms. The van der Waals surface area contributed by atoms with E-state index in [-0.39, 0.29) is 5.19 Å². The zero-order valence-corrected chi connectivity index (χ0v) is 5.49. The smallest absolute Gasteiger partial charge is 0.158 e. The maximum absolute atomic E-state index is 12.3. The fourth-order valence-electron chi connectivity index (χ4n) is 0.504. The third kappa shape index (κ3) is 1.16. The summed E-state index contributed by atoms with van der Waals surface area (Å²) in [5, 5.41) is 0.148. The highest BCUT2D eigenvalue weighted by Crippen LogP contribution is 1.98. The summed E-state index contributed by atoms with van der Waals surface area (Å²) in [6.45, 7) is 0. The van der Waals surface area contributed by atoms with Gasteiger partial charge in [0.05, 0.1) is 10.2 Å². The number of hydrogen-bond acceptors (Lipinski definition) is 0. The van der Waals surface area contributed by atoms with Gasteiger partial charge in [-0.15, -0.1) is 0 Å². The Hall–Kier alpha value is -0.703. The fourth-order valence-corrected chi connectivity index (χ4v) is 0.719. The molecule has 1 aromatic carbocycles. The van der Waals surface area contributed by atoms with E-state index in [4.69, 9.17) is 0 Å². The van der Waals surface area contributed by atoms with Gasteiger partial charge in [0.15, 0.2) is 11.6 Å². The summed E-state index contributed by atoms with van der Waals surface area (Å²) < 4.78 is 24.5. The molecule has 1 rings (SSSR count). The molecule has 9 heavy (non-hydrogen) atoms. The summed E-state index contributed by atoms with van der Waals surface area (Å²) in [5.41, 5.74) is 0. The van der Waals surface area contributed by atoms with Gasteiger partial charge in [-0.2, -0.15) is 0 Å². The highest BCUT2D eigenvalue weighted by molar-refractivity contribution is 6.32. The zero-order valence-electron chi connectivity index (χ0n) is 4.49. The molecular weight excluding hydrogens is 138 g/mol. The normalized spacial score (nSPS) is 9.67. The Morgan fingerprint density at radius 3 is 2.33 bits per heavy atom. The van der Waals surface area contributed by atoms with Crippen molar-refractivity contribution in [2.75, 3.05) is 0 Å². The molecule has 0 saturated carbocycles. The van der Waals surface area contributed by atoms with Gasteiger partial charge in [-0.05, 0) is 11.3 Å². The second kappa shape index (κ2) is 2.27. The molecule has 0 N–H and O–H groups in total. The number of benzene rings is 1. The lowest BCUT2D eigenvalue weighted by molar-refractivity contribution is 0.514. The predicted octanol–water partition coefficient (Wildman–Crippen LogP) is 0.759. The van der Waals surface area contributed by atoms with Crippen molar-refractivity contribution >= 4 is 15.4 Å². The maximum atomic E-state index is 12.3. The van der Waals surface area contributed by atoms with E-state index in [1.165, 1.54) is 12.1 Å². The van der Waals surface area contributed by atoms with Gasteiger partial charge in [0, 0.05) is 0 Å². The van der Waals surface area contributed by atoms with E-state index in [2.05, 4.69) is 10.2 Å². The van der Waals surface area contributed by atoms with Gasteiger partial charge in [0.25, 0.3) is 0 Å². The van der Waals surface area contributed by atoms with Crippen LogP contribution in [0.5, 0.6) is 0 Å². The van der Waals surface area contributed by atoms with Gasteiger partial charge in [0.2, 0.25) is 0 Å². The molecule has 0 atom stereocenters. The van der Waals surface area contributed by atoms with Crippen LogP contribution < -0.4 is 5.19 Å². The lowest BCUT2D eigenvalue weighted by atomic mass is 10.3. The average molecular weight is 141 g/mol. The van der Waals surface area contributed by atoms with Crippen LogP contribution in [-0.2, 0) is 0 Å². The monoisotopic (exact) mass is 141 g/mol. The van der Waals surface area contributed by atoms with E-state index in [1.54, 1.807) is 0 Å². The highest BCUT2D eigenvalue weighted by atomic mass is 28.1. The third-order valence-corrected chi connectivity index (χ3v) is 1.34. The van der Waals surface area contributed by atoms with E-state index in [0.29, 0.717) is 0 Å². The first-order valence-corrected chi connectivity index (χ1v) is 2.87.